The smallest absolute Gasteiger partial charge is 0.315 e. The molecule has 0 aromatic heterocycles. The molecular formula is C16H30O2. The van der Waals surface area contributed by atoms with Crippen LogP contribution in [0.25, 0.3) is 0 Å². The summed E-state index contributed by atoms with van der Waals surface area (Å²) in [5, 5.41) is 0. The van der Waals surface area contributed by atoms with E-state index in [-0.39, 0.29) is 5.97 Å². The summed E-state index contributed by atoms with van der Waals surface area (Å²) in [6.45, 7) is 6.02. The molecule has 0 heterocycles. The molecule has 2 nitrogen and oxygen atoms in total. The molecule has 106 valence electrons. The number of carbonyl (C=O) groups is 1. The first-order chi connectivity index (χ1) is 8.54. The second kappa shape index (κ2) is 10.2. The van der Waals surface area contributed by atoms with Crippen molar-refractivity contribution in [1.82, 2.24) is 0 Å². The first-order valence-electron chi connectivity index (χ1n) is 7.30. The molecule has 0 atom stereocenters. The summed E-state index contributed by atoms with van der Waals surface area (Å²) in [4.78, 5) is 11.4. The van der Waals surface area contributed by atoms with Crippen LogP contribution in [0.15, 0.2) is 12.2 Å². The lowest BCUT2D eigenvalue weighted by Crippen LogP contribution is -2.22. The molecule has 0 aliphatic heterocycles. The van der Waals surface area contributed by atoms with Gasteiger partial charge in [-0.15, -0.1) is 0 Å². The van der Waals surface area contributed by atoms with Crippen molar-refractivity contribution in [3.63, 3.8) is 0 Å². The Labute approximate surface area is 113 Å². The van der Waals surface area contributed by atoms with Gasteiger partial charge in [0.15, 0.2) is 0 Å². The van der Waals surface area contributed by atoms with Crippen LogP contribution in [0.3, 0.4) is 0 Å². The van der Waals surface area contributed by atoms with E-state index < -0.39 is 5.41 Å². The second-order valence-electron chi connectivity index (χ2n) is 5.53. The van der Waals surface area contributed by atoms with Gasteiger partial charge in [0.1, 0.15) is 0 Å². The molecule has 2 heteroatoms. The van der Waals surface area contributed by atoms with Gasteiger partial charge in [-0.05, 0) is 26.7 Å². The van der Waals surface area contributed by atoms with Crippen molar-refractivity contribution >= 4 is 5.97 Å². The summed E-state index contributed by atoms with van der Waals surface area (Å²) >= 11 is 0. The molecule has 0 rings (SSSR count). The van der Waals surface area contributed by atoms with E-state index in [9.17, 15) is 4.79 Å². The largest absolute Gasteiger partial charge is 0.468 e. The summed E-state index contributed by atoms with van der Waals surface area (Å²) in [5.74, 6) is -0.168. The van der Waals surface area contributed by atoms with Crippen LogP contribution in [0.2, 0.25) is 0 Å². The minimum atomic E-state index is -0.490. The monoisotopic (exact) mass is 254 g/mol. The van der Waals surface area contributed by atoms with Crippen molar-refractivity contribution in [1.29, 1.82) is 0 Å². The summed E-state index contributed by atoms with van der Waals surface area (Å²) < 4.78 is 4.76. The molecule has 0 N–H and O–H groups in total. The third-order valence-corrected chi connectivity index (χ3v) is 3.22. The average molecular weight is 254 g/mol. The molecule has 0 amide bonds. The van der Waals surface area contributed by atoms with Gasteiger partial charge in [0.05, 0.1) is 12.5 Å². The van der Waals surface area contributed by atoms with E-state index in [1.54, 1.807) is 0 Å². The van der Waals surface area contributed by atoms with E-state index in [2.05, 4.69) is 13.0 Å². The Bertz CT molecular complexity index is 241. The Balaban J connectivity index is 3.56. The lowest BCUT2D eigenvalue weighted by atomic mass is 9.92. The van der Waals surface area contributed by atoms with Gasteiger partial charge in [0.25, 0.3) is 0 Å². The van der Waals surface area contributed by atoms with Crippen molar-refractivity contribution in [2.24, 2.45) is 5.41 Å². The SMILES string of the molecule is CCCCCCCCC/C=C/C(C)(C)C(=O)OC. The molecule has 0 aromatic rings. The molecule has 0 aromatic carbocycles. The van der Waals surface area contributed by atoms with E-state index in [1.807, 2.05) is 19.9 Å². The van der Waals surface area contributed by atoms with E-state index in [4.69, 9.17) is 4.74 Å². The van der Waals surface area contributed by atoms with Gasteiger partial charge in [-0.2, -0.15) is 0 Å². The molecular weight excluding hydrogens is 224 g/mol. The van der Waals surface area contributed by atoms with Crippen molar-refractivity contribution in [3.05, 3.63) is 12.2 Å². The van der Waals surface area contributed by atoms with Crippen LogP contribution in [0.5, 0.6) is 0 Å². The number of hydrogen-bond acceptors (Lipinski definition) is 2. The van der Waals surface area contributed by atoms with E-state index in [1.165, 1.54) is 52.1 Å². The fourth-order valence-corrected chi connectivity index (χ4v) is 1.93. The molecule has 18 heavy (non-hydrogen) atoms. The Morgan fingerprint density at radius 3 is 2.17 bits per heavy atom. The highest BCUT2D eigenvalue weighted by molar-refractivity contribution is 5.77. The minimum Gasteiger partial charge on any atom is -0.468 e. The normalized spacial score (nSPS) is 12.0. The number of carbonyl (C=O) groups excluding carboxylic acids is 1. The highest BCUT2D eigenvalue weighted by Crippen LogP contribution is 2.19. The number of unbranched alkanes of at least 4 members (excludes halogenated alkanes) is 7. The maximum absolute atomic E-state index is 11.4. The molecule has 0 bridgehead atoms. The van der Waals surface area contributed by atoms with Crippen molar-refractivity contribution in [2.75, 3.05) is 7.11 Å². The van der Waals surface area contributed by atoms with Crippen LogP contribution >= 0.6 is 0 Å². The number of methoxy groups -OCH3 is 1. The zero-order valence-electron chi connectivity index (χ0n) is 12.6. The van der Waals surface area contributed by atoms with Gasteiger partial charge >= 0.3 is 5.97 Å². The van der Waals surface area contributed by atoms with Crippen LogP contribution in [-0.4, -0.2) is 13.1 Å². The van der Waals surface area contributed by atoms with Crippen molar-refractivity contribution in [3.8, 4) is 0 Å². The summed E-state index contributed by atoms with van der Waals surface area (Å²) in [6.07, 6.45) is 14.4. The molecule has 0 fully saturated rings. The van der Waals surface area contributed by atoms with E-state index >= 15 is 0 Å². The average Bonchev–Trinajstić information content (AvgIpc) is 2.35. The predicted molar refractivity (Wildman–Crippen MR) is 77.5 cm³/mol. The Morgan fingerprint density at radius 2 is 1.61 bits per heavy atom. The molecule has 0 aliphatic rings. The minimum absolute atomic E-state index is 0.168. The topological polar surface area (TPSA) is 26.3 Å². The summed E-state index contributed by atoms with van der Waals surface area (Å²) in [5.41, 5.74) is -0.490. The first kappa shape index (κ1) is 17.2. The van der Waals surface area contributed by atoms with Crippen molar-refractivity contribution in [2.45, 2.75) is 72.1 Å². The first-order valence-corrected chi connectivity index (χ1v) is 7.30. The molecule has 0 unspecified atom stereocenters. The second-order valence-corrected chi connectivity index (χ2v) is 5.53. The number of ether oxygens (including phenoxy) is 1. The fourth-order valence-electron chi connectivity index (χ4n) is 1.93. The lowest BCUT2D eigenvalue weighted by molar-refractivity contribution is -0.148. The molecule has 0 spiro atoms. The molecule has 0 saturated carbocycles. The van der Waals surface area contributed by atoms with Crippen LogP contribution in [-0.2, 0) is 9.53 Å². The summed E-state index contributed by atoms with van der Waals surface area (Å²) in [7, 11) is 1.44. The lowest BCUT2D eigenvalue weighted by Gasteiger charge is -2.16. The standard InChI is InChI=1S/C16H30O2/c1-5-6-7-8-9-10-11-12-13-14-16(2,3)15(17)18-4/h13-14H,5-12H2,1-4H3/b14-13+. The Morgan fingerprint density at radius 1 is 1.06 bits per heavy atom. The maximum Gasteiger partial charge on any atom is 0.315 e. The van der Waals surface area contributed by atoms with Crippen molar-refractivity contribution < 1.29 is 9.53 Å². The predicted octanol–water partition coefficient (Wildman–Crippen LogP) is 4.88. The number of esters is 1. The van der Waals surface area contributed by atoms with Gasteiger partial charge in [-0.25, -0.2) is 0 Å². The van der Waals surface area contributed by atoms with Crippen LogP contribution in [0.4, 0.5) is 0 Å². The molecule has 0 saturated heterocycles. The maximum atomic E-state index is 11.4. The highest BCUT2D eigenvalue weighted by Gasteiger charge is 2.24. The third kappa shape index (κ3) is 8.32. The third-order valence-electron chi connectivity index (χ3n) is 3.22. The van der Waals surface area contributed by atoms with Crippen LogP contribution < -0.4 is 0 Å². The van der Waals surface area contributed by atoms with E-state index in [0.29, 0.717) is 0 Å². The van der Waals surface area contributed by atoms with Gasteiger partial charge in [-0.1, -0.05) is 57.6 Å². The van der Waals surface area contributed by atoms with E-state index in [0.717, 1.165) is 6.42 Å². The van der Waals surface area contributed by atoms with Gasteiger partial charge in [-0.3, -0.25) is 4.79 Å². The van der Waals surface area contributed by atoms with Gasteiger partial charge in [0, 0.05) is 0 Å². The number of allylic oxidation sites excluding steroid dienone is 1. The van der Waals surface area contributed by atoms with Gasteiger partial charge in [0.2, 0.25) is 0 Å². The highest BCUT2D eigenvalue weighted by atomic mass is 16.5. The zero-order chi connectivity index (χ0) is 13.9. The van der Waals surface area contributed by atoms with Gasteiger partial charge < -0.3 is 4.74 Å². The summed E-state index contributed by atoms with van der Waals surface area (Å²) in [6, 6.07) is 0. The Kier molecular flexibility index (Phi) is 9.72. The quantitative estimate of drug-likeness (QED) is 0.315. The van der Waals surface area contributed by atoms with Crippen LogP contribution in [0, 0.1) is 5.41 Å². The number of rotatable bonds is 10. The zero-order valence-corrected chi connectivity index (χ0v) is 12.6. The fraction of sp³-hybridized carbons (Fsp3) is 0.812. The molecule has 0 radical (unpaired) electrons. The molecule has 0 aliphatic carbocycles. The van der Waals surface area contributed by atoms with Crippen LogP contribution in [0.1, 0.15) is 72.1 Å². The Hall–Kier alpha value is -0.790. The number of hydrogen-bond donors (Lipinski definition) is 0.